The van der Waals surface area contributed by atoms with E-state index in [-0.39, 0.29) is 18.1 Å². The number of nitrogens with zero attached hydrogens (tertiary/aromatic N) is 2. The molecule has 3 atom stereocenters. The molecule has 0 aliphatic carbocycles. The van der Waals surface area contributed by atoms with Crippen molar-refractivity contribution in [2.24, 2.45) is 0 Å². The molecule has 3 unspecified atom stereocenters. The summed E-state index contributed by atoms with van der Waals surface area (Å²) >= 11 is 1.95. The molecule has 8 heteroatoms. The Hall–Kier alpha value is -1.41. The van der Waals surface area contributed by atoms with Crippen LogP contribution in [0.4, 0.5) is 4.79 Å². The minimum atomic E-state index is -0.0242. The maximum Gasteiger partial charge on any atom is 0.315 e. The first-order chi connectivity index (χ1) is 14.7. The fourth-order valence-corrected chi connectivity index (χ4v) is 6.13. The highest BCUT2D eigenvalue weighted by Gasteiger charge is 2.42. The van der Waals surface area contributed by atoms with Gasteiger partial charge in [-0.2, -0.15) is 11.8 Å². The average Bonchev–Trinajstić information content (AvgIpc) is 3.30. The van der Waals surface area contributed by atoms with Crippen LogP contribution in [-0.4, -0.2) is 84.7 Å². The number of methoxy groups -OCH3 is 1. The fourth-order valence-electron chi connectivity index (χ4n) is 4.58. The number of urea groups is 1. The van der Waals surface area contributed by atoms with E-state index in [0.29, 0.717) is 17.6 Å². The van der Waals surface area contributed by atoms with Crippen LogP contribution in [0.25, 0.3) is 0 Å². The molecule has 170 valence electrons. The Kier molecular flexibility index (Phi) is 9.65. The zero-order valence-corrected chi connectivity index (χ0v) is 19.1. The van der Waals surface area contributed by atoms with Crippen molar-refractivity contribution in [2.45, 2.75) is 68.7 Å². The van der Waals surface area contributed by atoms with Crippen molar-refractivity contribution in [3.05, 3.63) is 12.3 Å². The number of piperazine rings is 1. The summed E-state index contributed by atoms with van der Waals surface area (Å²) in [6.45, 7) is 4.89. The van der Waals surface area contributed by atoms with Crippen LogP contribution in [-0.2, 0) is 9.53 Å². The quantitative estimate of drug-likeness (QED) is 0.278. The molecule has 3 aliphatic heterocycles. The van der Waals surface area contributed by atoms with Crippen molar-refractivity contribution in [2.75, 3.05) is 45.6 Å². The maximum absolute atomic E-state index is 12.5. The SMILES string of the molecule is CO/C=C/CCCCCN1CCN(C(=O)CCCCC2SCC3NC(=O)NC32)CC1. The van der Waals surface area contributed by atoms with Gasteiger partial charge in [0.05, 0.1) is 25.5 Å². The minimum absolute atomic E-state index is 0.0242. The molecule has 0 aromatic carbocycles. The highest BCUT2D eigenvalue weighted by molar-refractivity contribution is 8.00. The van der Waals surface area contributed by atoms with Crippen molar-refractivity contribution < 1.29 is 14.3 Å². The van der Waals surface area contributed by atoms with Gasteiger partial charge in [-0.3, -0.25) is 9.69 Å². The number of thioether (sulfide) groups is 1. The number of nitrogens with one attached hydrogen (secondary N) is 2. The minimum Gasteiger partial charge on any atom is -0.505 e. The van der Waals surface area contributed by atoms with Gasteiger partial charge in [0.1, 0.15) is 0 Å². The van der Waals surface area contributed by atoms with Crippen molar-refractivity contribution in [1.82, 2.24) is 20.4 Å². The van der Waals surface area contributed by atoms with E-state index in [2.05, 4.69) is 21.6 Å². The largest absolute Gasteiger partial charge is 0.505 e. The first kappa shape index (κ1) is 23.3. The summed E-state index contributed by atoms with van der Waals surface area (Å²) in [7, 11) is 1.68. The Labute approximate surface area is 185 Å². The van der Waals surface area contributed by atoms with Crippen LogP contribution in [0, 0.1) is 0 Å². The molecule has 0 aromatic heterocycles. The predicted octanol–water partition coefficient (Wildman–Crippen LogP) is 2.58. The van der Waals surface area contributed by atoms with Gasteiger partial charge >= 0.3 is 6.03 Å². The summed E-state index contributed by atoms with van der Waals surface area (Å²) in [4.78, 5) is 28.5. The van der Waals surface area contributed by atoms with E-state index in [1.165, 1.54) is 19.3 Å². The topological polar surface area (TPSA) is 73.9 Å². The Morgan fingerprint density at radius 2 is 1.97 bits per heavy atom. The monoisotopic (exact) mass is 438 g/mol. The lowest BCUT2D eigenvalue weighted by molar-refractivity contribution is -0.133. The van der Waals surface area contributed by atoms with Crippen LogP contribution in [0.2, 0.25) is 0 Å². The first-order valence-electron chi connectivity index (χ1n) is 11.5. The fraction of sp³-hybridized carbons (Fsp3) is 0.818. The van der Waals surface area contributed by atoms with Gasteiger partial charge in [0, 0.05) is 43.6 Å². The molecule has 30 heavy (non-hydrogen) atoms. The number of hydrogen-bond donors (Lipinski definition) is 2. The highest BCUT2D eigenvalue weighted by Crippen LogP contribution is 2.33. The zero-order chi connectivity index (χ0) is 21.2. The van der Waals surface area contributed by atoms with E-state index in [4.69, 9.17) is 4.74 Å². The third-order valence-corrected chi connectivity index (χ3v) is 7.88. The maximum atomic E-state index is 12.5. The number of carbonyl (C=O) groups is 2. The van der Waals surface area contributed by atoms with Crippen LogP contribution in [0.15, 0.2) is 12.3 Å². The lowest BCUT2D eigenvalue weighted by Crippen LogP contribution is -2.48. The van der Waals surface area contributed by atoms with E-state index >= 15 is 0 Å². The standard InChI is InChI=1S/C22H38N4O3S/c1-29-16-8-4-2-3-7-11-25-12-14-26(15-13-25)20(27)10-6-5-9-19-21-18(17-30-19)23-22(28)24-21/h8,16,18-19,21H,2-7,9-15,17H2,1H3,(H2,23,24,28)/b16-8+. The lowest BCUT2D eigenvalue weighted by Gasteiger charge is -2.34. The van der Waals surface area contributed by atoms with Gasteiger partial charge in [0.15, 0.2) is 0 Å². The van der Waals surface area contributed by atoms with Gasteiger partial charge in [-0.05, 0) is 44.7 Å². The smallest absolute Gasteiger partial charge is 0.315 e. The summed E-state index contributed by atoms with van der Waals surface area (Å²) in [6, 6.07) is 0.537. The van der Waals surface area contributed by atoms with Crippen LogP contribution in [0.1, 0.15) is 51.4 Å². The summed E-state index contributed by atoms with van der Waals surface area (Å²) < 4.78 is 4.91. The molecule has 0 aromatic rings. The number of allylic oxidation sites excluding steroid dienone is 1. The molecule has 3 saturated heterocycles. The third-order valence-electron chi connectivity index (χ3n) is 6.37. The van der Waals surface area contributed by atoms with Crippen molar-refractivity contribution in [1.29, 1.82) is 0 Å². The van der Waals surface area contributed by atoms with E-state index in [9.17, 15) is 9.59 Å². The van der Waals surface area contributed by atoms with E-state index in [0.717, 1.165) is 64.2 Å². The van der Waals surface area contributed by atoms with Gasteiger partial charge in [-0.25, -0.2) is 4.79 Å². The number of carbonyl (C=O) groups excluding carboxylic acids is 2. The molecule has 2 N–H and O–H groups in total. The molecule has 0 bridgehead atoms. The lowest BCUT2D eigenvalue weighted by atomic mass is 10.0. The molecular weight excluding hydrogens is 400 g/mol. The average molecular weight is 439 g/mol. The van der Waals surface area contributed by atoms with Crippen molar-refractivity contribution in [3.8, 4) is 0 Å². The molecule has 3 amide bonds. The number of hydrogen-bond acceptors (Lipinski definition) is 5. The van der Waals surface area contributed by atoms with Crippen LogP contribution < -0.4 is 10.6 Å². The number of rotatable bonds is 12. The zero-order valence-electron chi connectivity index (χ0n) is 18.3. The number of unbranched alkanes of at least 4 members (excludes halogenated alkanes) is 4. The third kappa shape index (κ3) is 7.08. The molecule has 3 aliphatic rings. The van der Waals surface area contributed by atoms with E-state index in [1.807, 2.05) is 16.7 Å². The Morgan fingerprint density at radius 1 is 1.13 bits per heavy atom. The molecule has 3 heterocycles. The number of amides is 3. The van der Waals surface area contributed by atoms with E-state index < -0.39 is 0 Å². The van der Waals surface area contributed by atoms with Crippen LogP contribution in [0.5, 0.6) is 0 Å². The normalized spacial score (nSPS) is 26.6. The second kappa shape index (κ2) is 12.4. The Morgan fingerprint density at radius 3 is 2.77 bits per heavy atom. The van der Waals surface area contributed by atoms with Crippen molar-refractivity contribution in [3.63, 3.8) is 0 Å². The summed E-state index contributed by atoms with van der Waals surface area (Å²) in [5, 5.41) is 6.52. The summed E-state index contributed by atoms with van der Waals surface area (Å²) in [6.07, 6.45) is 12.3. The molecule has 0 radical (unpaired) electrons. The molecule has 7 nitrogen and oxygen atoms in total. The predicted molar refractivity (Wildman–Crippen MR) is 122 cm³/mol. The molecule has 3 fully saturated rings. The first-order valence-corrected chi connectivity index (χ1v) is 12.6. The molecule has 0 saturated carbocycles. The number of ether oxygens (including phenoxy) is 1. The van der Waals surface area contributed by atoms with E-state index in [1.54, 1.807) is 13.4 Å². The molecule has 0 spiro atoms. The van der Waals surface area contributed by atoms with Crippen molar-refractivity contribution >= 4 is 23.7 Å². The molecule has 3 rings (SSSR count). The van der Waals surface area contributed by atoms with Crippen LogP contribution in [0.3, 0.4) is 0 Å². The van der Waals surface area contributed by atoms with Crippen LogP contribution >= 0.6 is 11.8 Å². The summed E-state index contributed by atoms with van der Waals surface area (Å²) in [5.74, 6) is 1.31. The highest BCUT2D eigenvalue weighted by atomic mass is 32.2. The second-order valence-electron chi connectivity index (χ2n) is 8.55. The van der Waals surface area contributed by atoms with Gasteiger partial charge in [-0.15, -0.1) is 0 Å². The van der Waals surface area contributed by atoms with Gasteiger partial charge in [0.2, 0.25) is 5.91 Å². The molecular formula is C22H38N4O3S. The van der Waals surface area contributed by atoms with Gasteiger partial charge in [0.25, 0.3) is 0 Å². The second-order valence-corrected chi connectivity index (χ2v) is 9.82. The Bertz CT molecular complexity index is 581. The number of fused-ring (bicyclic) bond motifs is 1. The summed E-state index contributed by atoms with van der Waals surface area (Å²) in [5.41, 5.74) is 0. The van der Waals surface area contributed by atoms with Gasteiger partial charge < -0.3 is 20.3 Å². The Balaban J connectivity index is 1.20. The van der Waals surface area contributed by atoms with Gasteiger partial charge in [-0.1, -0.05) is 12.8 Å².